The van der Waals surface area contributed by atoms with Crippen molar-refractivity contribution >= 4 is 28.0 Å². The minimum atomic E-state index is -0.844. The number of ether oxygens (including phenoxy) is 4. The molecule has 4 rings (SSSR count). The van der Waals surface area contributed by atoms with Crippen molar-refractivity contribution in [1.29, 1.82) is 5.26 Å². The highest BCUT2D eigenvalue weighted by atomic mass is 16.7. The molecule has 8 nitrogen and oxygen atoms in total. The van der Waals surface area contributed by atoms with Crippen LogP contribution in [0.3, 0.4) is 0 Å². The minimum absolute atomic E-state index is 0.112. The van der Waals surface area contributed by atoms with Gasteiger partial charge in [0.15, 0.2) is 0 Å². The van der Waals surface area contributed by atoms with E-state index < -0.39 is 11.8 Å². The molecule has 0 amide bonds. The second-order valence-electron chi connectivity index (χ2n) is 8.37. The maximum absolute atomic E-state index is 12.3. The van der Waals surface area contributed by atoms with E-state index in [2.05, 4.69) is 16.0 Å². The first-order valence-electron chi connectivity index (χ1n) is 10.3. The number of hydrogen-bond acceptors (Lipinski definition) is 7. The second kappa shape index (κ2) is 8.81. The summed E-state index contributed by atoms with van der Waals surface area (Å²) in [5.74, 6) is 1.13. The molecule has 0 saturated carbocycles. The molecular formula is C25H23N3O5. The summed E-state index contributed by atoms with van der Waals surface area (Å²) in [7, 11) is 1.55. The van der Waals surface area contributed by atoms with E-state index >= 15 is 0 Å². The molecule has 0 saturated heterocycles. The quantitative estimate of drug-likeness (QED) is 0.385. The molecule has 0 aliphatic rings. The molecule has 2 aromatic carbocycles. The number of para-hydroxylation sites is 1. The van der Waals surface area contributed by atoms with E-state index in [1.165, 1.54) is 0 Å². The molecule has 2 aromatic heterocycles. The molecular weight excluding hydrogens is 422 g/mol. The minimum Gasteiger partial charge on any atom is -0.456 e. The Hall–Kier alpha value is -4.09. The molecule has 2 heterocycles. The van der Waals surface area contributed by atoms with E-state index in [0.29, 0.717) is 22.6 Å². The average Bonchev–Trinajstić information content (AvgIpc) is 3.13. The lowest BCUT2D eigenvalue weighted by molar-refractivity contribution is 0.0192. The summed E-state index contributed by atoms with van der Waals surface area (Å²) in [5, 5.41) is 11.0. The highest BCUT2D eigenvalue weighted by Crippen LogP contribution is 2.36. The molecule has 8 heteroatoms. The van der Waals surface area contributed by atoms with Gasteiger partial charge in [-0.2, -0.15) is 5.26 Å². The van der Waals surface area contributed by atoms with Gasteiger partial charge in [-0.05, 0) is 51.1 Å². The number of pyridine rings is 1. The highest BCUT2D eigenvalue weighted by molar-refractivity contribution is 6.09. The summed E-state index contributed by atoms with van der Waals surface area (Å²) >= 11 is 0. The van der Waals surface area contributed by atoms with E-state index in [9.17, 15) is 10.1 Å². The predicted octanol–water partition coefficient (Wildman–Crippen LogP) is 5.84. The van der Waals surface area contributed by atoms with E-state index in [4.69, 9.17) is 18.9 Å². The standard InChI is InChI=1S/C25H23N3O5/c1-25(2,3)33-24(29)32-23-18(14-30-4)22-17-11-16(9-10-19(17)28-20(22)13-27-23)31-21-8-6-5-7-15(21)12-26/h5-11,13,28H,14H2,1-4H3. The Morgan fingerprint density at radius 3 is 2.67 bits per heavy atom. The summed E-state index contributed by atoms with van der Waals surface area (Å²) in [4.78, 5) is 19.9. The Morgan fingerprint density at radius 1 is 1.15 bits per heavy atom. The van der Waals surface area contributed by atoms with Gasteiger partial charge in [-0.1, -0.05) is 12.1 Å². The van der Waals surface area contributed by atoms with Crippen LogP contribution in [0.4, 0.5) is 4.79 Å². The molecule has 0 aliphatic heterocycles. The molecule has 0 aliphatic carbocycles. The first kappa shape index (κ1) is 22.1. The van der Waals surface area contributed by atoms with Crippen molar-refractivity contribution in [2.24, 2.45) is 0 Å². The van der Waals surface area contributed by atoms with Crippen molar-refractivity contribution in [3.05, 3.63) is 59.8 Å². The number of fused-ring (bicyclic) bond motifs is 3. The van der Waals surface area contributed by atoms with Gasteiger partial charge in [-0.25, -0.2) is 9.78 Å². The number of carbonyl (C=O) groups is 1. The number of methoxy groups -OCH3 is 1. The van der Waals surface area contributed by atoms with Gasteiger partial charge < -0.3 is 23.9 Å². The van der Waals surface area contributed by atoms with Crippen molar-refractivity contribution in [3.8, 4) is 23.4 Å². The van der Waals surface area contributed by atoms with E-state index in [0.717, 1.165) is 21.8 Å². The third-order valence-corrected chi connectivity index (χ3v) is 4.76. The summed E-state index contributed by atoms with van der Waals surface area (Å²) in [5.41, 5.74) is 1.94. The van der Waals surface area contributed by atoms with Gasteiger partial charge in [0.05, 0.1) is 29.4 Å². The number of hydrogen-bond donors (Lipinski definition) is 1. The Labute approximate surface area is 190 Å². The molecule has 33 heavy (non-hydrogen) atoms. The van der Waals surface area contributed by atoms with Crippen molar-refractivity contribution in [1.82, 2.24) is 9.97 Å². The van der Waals surface area contributed by atoms with Crippen LogP contribution < -0.4 is 9.47 Å². The monoisotopic (exact) mass is 445 g/mol. The second-order valence-corrected chi connectivity index (χ2v) is 8.37. The first-order valence-corrected chi connectivity index (χ1v) is 10.3. The topological polar surface area (TPSA) is 106 Å². The number of carbonyl (C=O) groups excluding carboxylic acids is 1. The van der Waals surface area contributed by atoms with Gasteiger partial charge in [-0.3, -0.25) is 0 Å². The zero-order valence-electron chi connectivity index (χ0n) is 18.8. The number of nitriles is 1. The SMILES string of the molecule is COCc1c(OC(=O)OC(C)(C)C)ncc2[nH]c3ccc(Oc4ccccc4C#N)cc3c12. The Morgan fingerprint density at radius 2 is 1.94 bits per heavy atom. The van der Waals surface area contributed by atoms with Crippen LogP contribution in [0, 0.1) is 11.3 Å². The molecule has 168 valence electrons. The molecule has 1 N–H and O–H groups in total. The molecule has 0 bridgehead atoms. The number of rotatable bonds is 5. The van der Waals surface area contributed by atoms with E-state index in [-0.39, 0.29) is 12.5 Å². The van der Waals surface area contributed by atoms with Crippen LogP contribution in [-0.4, -0.2) is 28.8 Å². The van der Waals surface area contributed by atoms with Crippen molar-refractivity contribution in [2.45, 2.75) is 33.0 Å². The van der Waals surface area contributed by atoms with Crippen molar-refractivity contribution in [3.63, 3.8) is 0 Å². The van der Waals surface area contributed by atoms with E-state index in [1.807, 2.05) is 24.3 Å². The first-order chi connectivity index (χ1) is 15.8. The molecule has 4 aromatic rings. The van der Waals surface area contributed by atoms with Gasteiger partial charge in [-0.15, -0.1) is 0 Å². The maximum atomic E-state index is 12.3. The molecule has 0 fully saturated rings. The number of H-pyrrole nitrogens is 1. The van der Waals surface area contributed by atoms with Crippen LogP contribution in [0.25, 0.3) is 21.8 Å². The van der Waals surface area contributed by atoms with Gasteiger partial charge >= 0.3 is 6.16 Å². The average molecular weight is 445 g/mol. The Balaban J connectivity index is 1.79. The third kappa shape index (κ3) is 4.73. The van der Waals surface area contributed by atoms with Crippen LogP contribution >= 0.6 is 0 Å². The van der Waals surface area contributed by atoms with Crippen molar-refractivity contribution in [2.75, 3.05) is 7.11 Å². The molecule has 0 unspecified atom stereocenters. The molecule has 0 atom stereocenters. The fourth-order valence-corrected chi connectivity index (χ4v) is 3.48. The van der Waals surface area contributed by atoms with Crippen molar-refractivity contribution < 1.29 is 23.7 Å². The third-order valence-electron chi connectivity index (χ3n) is 4.76. The lowest BCUT2D eigenvalue weighted by Crippen LogP contribution is -2.26. The lowest BCUT2D eigenvalue weighted by atomic mass is 10.1. The van der Waals surface area contributed by atoms with Crippen LogP contribution in [0.1, 0.15) is 31.9 Å². The number of aromatic amines is 1. The fourth-order valence-electron chi connectivity index (χ4n) is 3.48. The molecule has 0 radical (unpaired) electrons. The van der Waals surface area contributed by atoms with Gasteiger partial charge in [0.2, 0.25) is 5.88 Å². The van der Waals surface area contributed by atoms with Crippen LogP contribution in [0.5, 0.6) is 17.4 Å². The van der Waals surface area contributed by atoms with Crippen LogP contribution in [-0.2, 0) is 16.1 Å². The zero-order valence-corrected chi connectivity index (χ0v) is 18.8. The molecule has 0 spiro atoms. The summed E-state index contributed by atoms with van der Waals surface area (Å²) < 4.78 is 22.1. The Kier molecular flexibility index (Phi) is 5.90. The highest BCUT2D eigenvalue weighted by Gasteiger charge is 2.22. The largest absolute Gasteiger partial charge is 0.515 e. The lowest BCUT2D eigenvalue weighted by Gasteiger charge is -2.19. The maximum Gasteiger partial charge on any atom is 0.515 e. The Bertz CT molecular complexity index is 1380. The zero-order chi connectivity index (χ0) is 23.6. The summed E-state index contributed by atoms with van der Waals surface area (Å²) in [6.07, 6.45) is 0.753. The summed E-state index contributed by atoms with van der Waals surface area (Å²) in [6.45, 7) is 5.43. The van der Waals surface area contributed by atoms with E-state index in [1.54, 1.807) is 52.3 Å². The van der Waals surface area contributed by atoms with Crippen LogP contribution in [0.2, 0.25) is 0 Å². The van der Waals surface area contributed by atoms with Gasteiger partial charge in [0.25, 0.3) is 0 Å². The smallest absolute Gasteiger partial charge is 0.456 e. The number of nitrogens with zero attached hydrogens (tertiary/aromatic N) is 2. The number of aromatic nitrogens is 2. The fraction of sp³-hybridized carbons (Fsp3) is 0.240. The van der Waals surface area contributed by atoms with Crippen LogP contribution in [0.15, 0.2) is 48.7 Å². The number of benzene rings is 2. The van der Waals surface area contributed by atoms with Gasteiger partial charge in [0.1, 0.15) is 23.2 Å². The number of nitrogens with one attached hydrogen (secondary N) is 1. The predicted molar refractivity (Wildman–Crippen MR) is 122 cm³/mol. The normalized spacial score (nSPS) is 11.4. The summed E-state index contributed by atoms with van der Waals surface area (Å²) in [6, 6.07) is 14.7. The van der Waals surface area contributed by atoms with Gasteiger partial charge in [0, 0.05) is 23.4 Å².